The fraction of sp³-hybridized carbons (Fsp3) is 0.0714. The topological polar surface area (TPSA) is 38.9 Å². The lowest BCUT2D eigenvalue weighted by atomic mass is 10.2. The lowest BCUT2D eigenvalue weighted by Gasteiger charge is -2.04. The maximum atomic E-state index is 13.9. The molecule has 0 aliphatic heterocycles. The first-order valence-electron chi connectivity index (χ1n) is 5.89. The molecule has 1 heterocycles. The summed E-state index contributed by atoms with van der Waals surface area (Å²) in [7, 11) is 0. The second kappa shape index (κ2) is 5.47. The van der Waals surface area contributed by atoms with Crippen LogP contribution in [0.4, 0.5) is 8.78 Å². The summed E-state index contributed by atoms with van der Waals surface area (Å²) >= 11 is 2.42. The molecule has 0 bridgehead atoms. The third-order valence-corrected chi connectivity index (χ3v) is 4.95. The number of para-hydroxylation sites is 1. The highest BCUT2D eigenvalue weighted by atomic mass is 32.2. The average molecular weight is 308 g/mol. The normalized spacial score (nSPS) is 11.2. The van der Waals surface area contributed by atoms with Gasteiger partial charge in [0.1, 0.15) is 11.6 Å². The fourth-order valence-electron chi connectivity index (χ4n) is 1.81. The van der Waals surface area contributed by atoms with Crippen LogP contribution in [0.25, 0.3) is 10.2 Å². The van der Waals surface area contributed by atoms with Crippen LogP contribution in [-0.2, 0) is 6.54 Å². The Balaban J connectivity index is 1.98. The van der Waals surface area contributed by atoms with Crippen LogP contribution in [0, 0.1) is 11.6 Å². The SMILES string of the molecule is NCc1cc(F)c(Sc2nc3ccccc3s2)c(F)c1. The van der Waals surface area contributed by atoms with Crippen LogP contribution in [-0.4, -0.2) is 4.98 Å². The predicted octanol–water partition coefficient (Wildman–Crippen LogP) is 4.18. The van der Waals surface area contributed by atoms with E-state index in [0.29, 0.717) is 9.90 Å². The molecule has 20 heavy (non-hydrogen) atoms. The molecule has 102 valence electrons. The van der Waals surface area contributed by atoms with Crippen molar-refractivity contribution in [1.29, 1.82) is 0 Å². The van der Waals surface area contributed by atoms with Gasteiger partial charge in [-0.2, -0.15) is 0 Å². The largest absolute Gasteiger partial charge is 0.326 e. The maximum absolute atomic E-state index is 13.9. The Hall–Kier alpha value is -1.50. The minimum absolute atomic E-state index is 0.0405. The number of hydrogen-bond acceptors (Lipinski definition) is 4. The number of benzene rings is 2. The Morgan fingerprint density at radius 2 is 1.85 bits per heavy atom. The summed E-state index contributed by atoms with van der Waals surface area (Å²) < 4.78 is 29.4. The van der Waals surface area contributed by atoms with Crippen molar-refractivity contribution >= 4 is 33.3 Å². The van der Waals surface area contributed by atoms with Gasteiger partial charge in [0.25, 0.3) is 0 Å². The molecular weight excluding hydrogens is 298 g/mol. The van der Waals surface area contributed by atoms with Crippen LogP contribution < -0.4 is 5.73 Å². The van der Waals surface area contributed by atoms with Crippen molar-refractivity contribution in [1.82, 2.24) is 4.98 Å². The number of thiazole rings is 1. The molecule has 6 heteroatoms. The van der Waals surface area contributed by atoms with Crippen molar-refractivity contribution in [2.75, 3.05) is 0 Å². The smallest absolute Gasteiger partial charge is 0.156 e. The zero-order valence-corrected chi connectivity index (χ0v) is 11.9. The van der Waals surface area contributed by atoms with Crippen LogP contribution in [0.5, 0.6) is 0 Å². The van der Waals surface area contributed by atoms with Gasteiger partial charge in [0.05, 0.1) is 15.1 Å². The minimum atomic E-state index is -0.602. The van der Waals surface area contributed by atoms with Crippen molar-refractivity contribution in [3.05, 3.63) is 53.6 Å². The number of nitrogens with two attached hydrogens (primary N) is 1. The van der Waals surface area contributed by atoms with E-state index in [2.05, 4.69) is 4.98 Å². The molecule has 2 aromatic carbocycles. The van der Waals surface area contributed by atoms with Crippen molar-refractivity contribution in [2.24, 2.45) is 5.73 Å². The molecule has 0 saturated heterocycles. The van der Waals surface area contributed by atoms with E-state index in [1.165, 1.54) is 23.5 Å². The standard InChI is InChI=1S/C14H10F2N2S2/c15-9-5-8(7-17)6-10(16)13(9)20-14-18-11-3-1-2-4-12(11)19-14/h1-6H,7,17H2. The van der Waals surface area contributed by atoms with E-state index >= 15 is 0 Å². The van der Waals surface area contributed by atoms with Crippen LogP contribution in [0.15, 0.2) is 45.6 Å². The number of fused-ring (bicyclic) bond motifs is 1. The number of hydrogen-bond donors (Lipinski definition) is 1. The molecule has 0 radical (unpaired) electrons. The van der Waals surface area contributed by atoms with Gasteiger partial charge < -0.3 is 5.73 Å². The van der Waals surface area contributed by atoms with Gasteiger partial charge in [0.15, 0.2) is 4.34 Å². The van der Waals surface area contributed by atoms with E-state index in [1.54, 1.807) is 0 Å². The van der Waals surface area contributed by atoms with Gasteiger partial charge in [-0.25, -0.2) is 13.8 Å². The van der Waals surface area contributed by atoms with Gasteiger partial charge >= 0.3 is 0 Å². The predicted molar refractivity (Wildman–Crippen MR) is 78.0 cm³/mol. The maximum Gasteiger partial charge on any atom is 0.156 e. The molecule has 0 aliphatic carbocycles. The highest BCUT2D eigenvalue weighted by Crippen LogP contribution is 2.37. The zero-order chi connectivity index (χ0) is 14.1. The minimum Gasteiger partial charge on any atom is -0.326 e. The average Bonchev–Trinajstić information content (AvgIpc) is 2.85. The Morgan fingerprint density at radius 1 is 1.15 bits per heavy atom. The van der Waals surface area contributed by atoms with Crippen molar-refractivity contribution in [3.63, 3.8) is 0 Å². The number of aromatic nitrogens is 1. The molecule has 0 atom stereocenters. The first kappa shape index (κ1) is 13.5. The van der Waals surface area contributed by atoms with E-state index in [9.17, 15) is 8.78 Å². The van der Waals surface area contributed by atoms with Crippen LogP contribution in [0.2, 0.25) is 0 Å². The van der Waals surface area contributed by atoms with E-state index in [-0.39, 0.29) is 11.4 Å². The summed E-state index contributed by atoms with van der Waals surface area (Å²) in [6.07, 6.45) is 0. The third kappa shape index (κ3) is 2.54. The number of nitrogens with zero attached hydrogens (tertiary/aromatic N) is 1. The van der Waals surface area contributed by atoms with Crippen LogP contribution in [0.1, 0.15) is 5.56 Å². The molecule has 1 aromatic heterocycles. The molecule has 0 fully saturated rings. The van der Waals surface area contributed by atoms with Gasteiger partial charge in [-0.1, -0.05) is 23.9 Å². The fourth-order valence-corrected chi connectivity index (χ4v) is 3.82. The van der Waals surface area contributed by atoms with Gasteiger partial charge in [-0.15, -0.1) is 11.3 Å². The summed E-state index contributed by atoms with van der Waals surface area (Å²) in [5.41, 5.74) is 6.66. The van der Waals surface area contributed by atoms with E-state index in [4.69, 9.17) is 5.73 Å². The van der Waals surface area contributed by atoms with Gasteiger partial charge in [0.2, 0.25) is 0 Å². The molecule has 3 aromatic rings. The number of rotatable bonds is 3. The molecule has 0 spiro atoms. The molecule has 2 N–H and O–H groups in total. The molecule has 0 aliphatic rings. The third-order valence-electron chi connectivity index (χ3n) is 2.76. The summed E-state index contributed by atoms with van der Waals surface area (Å²) in [6.45, 7) is 0.111. The quantitative estimate of drug-likeness (QED) is 0.788. The lowest BCUT2D eigenvalue weighted by molar-refractivity contribution is 0.537. The molecule has 0 amide bonds. The first-order chi connectivity index (χ1) is 9.67. The molecule has 2 nitrogen and oxygen atoms in total. The van der Waals surface area contributed by atoms with Crippen molar-refractivity contribution in [3.8, 4) is 0 Å². The van der Waals surface area contributed by atoms with E-state index < -0.39 is 11.6 Å². The molecular formula is C14H10F2N2S2. The summed E-state index contributed by atoms with van der Waals surface area (Å²) in [6, 6.07) is 10.1. The second-order valence-electron chi connectivity index (χ2n) is 4.14. The highest BCUT2D eigenvalue weighted by Gasteiger charge is 2.14. The van der Waals surface area contributed by atoms with Crippen molar-refractivity contribution in [2.45, 2.75) is 15.8 Å². The lowest BCUT2D eigenvalue weighted by Crippen LogP contribution is -1.99. The van der Waals surface area contributed by atoms with E-state index in [0.717, 1.165) is 22.0 Å². The van der Waals surface area contributed by atoms with Crippen LogP contribution in [0.3, 0.4) is 0 Å². The van der Waals surface area contributed by atoms with E-state index in [1.807, 2.05) is 24.3 Å². The zero-order valence-electron chi connectivity index (χ0n) is 10.3. The van der Waals surface area contributed by atoms with Crippen molar-refractivity contribution < 1.29 is 8.78 Å². The Labute approximate surface area is 122 Å². The Bertz CT molecular complexity index is 715. The molecule has 0 unspecified atom stereocenters. The highest BCUT2D eigenvalue weighted by molar-refractivity contribution is 8.01. The van der Waals surface area contributed by atoms with Gasteiger partial charge in [0, 0.05) is 6.54 Å². The number of halogens is 2. The molecule has 3 rings (SSSR count). The Morgan fingerprint density at radius 3 is 2.50 bits per heavy atom. The Kier molecular flexibility index (Phi) is 3.69. The summed E-state index contributed by atoms with van der Waals surface area (Å²) in [5, 5.41) is 0. The van der Waals surface area contributed by atoms with Gasteiger partial charge in [-0.3, -0.25) is 0 Å². The van der Waals surface area contributed by atoms with Crippen LogP contribution >= 0.6 is 23.1 Å². The second-order valence-corrected chi connectivity index (χ2v) is 6.43. The molecule has 0 saturated carbocycles. The first-order valence-corrected chi connectivity index (χ1v) is 7.52. The summed E-state index contributed by atoms with van der Waals surface area (Å²) in [5.74, 6) is -1.20. The monoisotopic (exact) mass is 308 g/mol. The summed E-state index contributed by atoms with van der Waals surface area (Å²) in [4.78, 5) is 4.32. The van der Waals surface area contributed by atoms with Gasteiger partial charge in [-0.05, 0) is 29.8 Å².